The van der Waals surface area contributed by atoms with Crippen molar-refractivity contribution < 1.29 is 14.1 Å². The van der Waals surface area contributed by atoms with Gasteiger partial charge in [0.15, 0.2) is 5.75 Å². The van der Waals surface area contributed by atoms with E-state index in [0.717, 1.165) is 17.4 Å². The molecule has 1 aromatic carbocycles. The van der Waals surface area contributed by atoms with Crippen molar-refractivity contribution in [2.45, 2.75) is 6.42 Å². The number of hydrogen-bond donors (Lipinski definition) is 0. The smallest absolute Gasteiger partial charge is 0.310 e. The third-order valence-electron chi connectivity index (χ3n) is 2.29. The molecule has 0 N–H and O–H groups in total. The van der Waals surface area contributed by atoms with E-state index in [4.69, 9.17) is 4.74 Å². The molecule has 0 aliphatic carbocycles. The Labute approximate surface area is 101 Å². The molecule has 0 bridgehead atoms. The van der Waals surface area contributed by atoms with Gasteiger partial charge in [-0.05, 0) is 6.07 Å². The number of para-hydroxylation sites is 2. The van der Waals surface area contributed by atoms with E-state index in [0.29, 0.717) is 12.4 Å². The molecule has 0 amide bonds. The molecule has 5 heteroatoms. The number of nitro benzene ring substituents is 1. The van der Waals surface area contributed by atoms with E-state index in [2.05, 4.69) is 21.1 Å². The maximum Gasteiger partial charge on any atom is 0.310 e. The molecule has 0 radical (unpaired) electrons. The number of hydrogen-bond acceptors (Lipinski definition) is 3. The summed E-state index contributed by atoms with van der Waals surface area (Å²) in [6, 6.07) is 6.46. The van der Waals surface area contributed by atoms with E-state index < -0.39 is 4.92 Å². The number of ether oxygens (including phenoxy) is 1. The van der Waals surface area contributed by atoms with Gasteiger partial charge in [0.05, 0.1) is 39.2 Å². The van der Waals surface area contributed by atoms with E-state index in [1.165, 1.54) is 6.07 Å². The Bertz CT molecular complexity index is 386. The second-order valence-corrected chi connectivity index (χ2v) is 4.94. The van der Waals surface area contributed by atoms with Crippen molar-refractivity contribution in [2.24, 2.45) is 0 Å². The Hall–Kier alpha value is -1.62. The zero-order valence-electron chi connectivity index (χ0n) is 10.5. The third-order valence-corrected chi connectivity index (χ3v) is 2.29. The largest absolute Gasteiger partial charge is 0.487 e. The maximum atomic E-state index is 10.7. The fourth-order valence-corrected chi connectivity index (χ4v) is 1.45. The van der Waals surface area contributed by atoms with Crippen LogP contribution in [0.5, 0.6) is 5.75 Å². The second-order valence-electron chi connectivity index (χ2n) is 4.94. The minimum atomic E-state index is -0.421. The summed E-state index contributed by atoms with van der Waals surface area (Å²) < 4.78 is 6.30. The number of nitrogens with zero attached hydrogens (tertiary/aromatic N) is 2. The van der Waals surface area contributed by atoms with Crippen LogP contribution in [0.4, 0.5) is 5.69 Å². The molecule has 0 saturated heterocycles. The minimum absolute atomic E-state index is 0.0257. The van der Waals surface area contributed by atoms with E-state index in [9.17, 15) is 10.1 Å². The highest BCUT2D eigenvalue weighted by Crippen LogP contribution is 2.25. The van der Waals surface area contributed by atoms with Gasteiger partial charge < -0.3 is 9.22 Å². The van der Waals surface area contributed by atoms with Crippen LogP contribution < -0.4 is 4.74 Å². The lowest BCUT2D eigenvalue weighted by atomic mass is 10.3. The average Bonchev–Trinajstić information content (AvgIpc) is 2.23. The molecule has 0 aromatic heterocycles. The van der Waals surface area contributed by atoms with E-state index in [1.54, 1.807) is 18.2 Å². The summed E-state index contributed by atoms with van der Waals surface area (Å²) in [7, 11) is 6.31. The number of benzene rings is 1. The van der Waals surface area contributed by atoms with Crippen molar-refractivity contribution in [1.29, 1.82) is 0 Å². The van der Waals surface area contributed by atoms with Crippen LogP contribution >= 0.6 is 0 Å². The first kappa shape index (κ1) is 13.4. The summed E-state index contributed by atoms with van der Waals surface area (Å²) in [5.41, 5.74) is 0.0257. The lowest BCUT2D eigenvalue weighted by Gasteiger charge is -2.23. The highest BCUT2D eigenvalue weighted by atomic mass is 16.6. The number of quaternary nitrogens is 1. The van der Waals surface area contributed by atoms with Crippen molar-refractivity contribution >= 4 is 5.69 Å². The molecule has 5 nitrogen and oxygen atoms in total. The van der Waals surface area contributed by atoms with Gasteiger partial charge in [0.1, 0.15) is 0 Å². The van der Waals surface area contributed by atoms with Gasteiger partial charge in [-0.15, -0.1) is 0 Å². The summed E-state index contributed by atoms with van der Waals surface area (Å²) in [5, 5.41) is 10.7. The Kier molecular flexibility index (Phi) is 4.45. The van der Waals surface area contributed by atoms with Crippen molar-refractivity contribution in [1.82, 2.24) is 0 Å². The van der Waals surface area contributed by atoms with Crippen molar-refractivity contribution in [3.8, 4) is 5.75 Å². The van der Waals surface area contributed by atoms with Gasteiger partial charge in [-0.3, -0.25) is 10.1 Å². The van der Waals surface area contributed by atoms with Gasteiger partial charge in [-0.2, -0.15) is 0 Å². The Morgan fingerprint density at radius 1 is 1.29 bits per heavy atom. The van der Waals surface area contributed by atoms with E-state index in [1.807, 2.05) is 0 Å². The Morgan fingerprint density at radius 2 is 1.94 bits per heavy atom. The van der Waals surface area contributed by atoms with Crippen LogP contribution in [-0.2, 0) is 0 Å². The van der Waals surface area contributed by atoms with Gasteiger partial charge in [0, 0.05) is 12.5 Å². The van der Waals surface area contributed by atoms with Crippen molar-refractivity contribution in [3.63, 3.8) is 0 Å². The standard InChI is InChI=1S/C12H19N2O3/c1-14(2,3)9-6-10-17-12-8-5-4-7-11(12)13(15)16/h4-5,7-8H,6,9-10H2,1-3H3/q+1. The minimum Gasteiger partial charge on any atom is -0.487 e. The molecule has 1 rings (SSSR count). The molecule has 1 aromatic rings. The monoisotopic (exact) mass is 239 g/mol. The Balaban J connectivity index is 2.49. The van der Waals surface area contributed by atoms with E-state index >= 15 is 0 Å². The van der Waals surface area contributed by atoms with Crippen LogP contribution in [0.2, 0.25) is 0 Å². The second kappa shape index (κ2) is 5.63. The molecule has 0 spiro atoms. The lowest BCUT2D eigenvalue weighted by molar-refractivity contribution is -0.870. The zero-order valence-corrected chi connectivity index (χ0v) is 10.5. The van der Waals surface area contributed by atoms with Gasteiger partial charge in [0.2, 0.25) is 0 Å². The van der Waals surface area contributed by atoms with Gasteiger partial charge in [0.25, 0.3) is 0 Å². The molecule has 0 heterocycles. The van der Waals surface area contributed by atoms with Crippen LogP contribution in [0.15, 0.2) is 24.3 Å². The van der Waals surface area contributed by atoms with Crippen LogP contribution in [0.3, 0.4) is 0 Å². The summed E-state index contributed by atoms with van der Waals surface area (Å²) in [6.45, 7) is 1.47. The van der Waals surface area contributed by atoms with Gasteiger partial charge >= 0.3 is 5.69 Å². The van der Waals surface area contributed by atoms with Crippen LogP contribution in [0.1, 0.15) is 6.42 Å². The quantitative estimate of drug-likeness (QED) is 0.330. The van der Waals surface area contributed by atoms with Gasteiger partial charge in [-0.1, -0.05) is 12.1 Å². The van der Waals surface area contributed by atoms with Crippen LogP contribution in [0, 0.1) is 10.1 Å². The maximum absolute atomic E-state index is 10.7. The van der Waals surface area contributed by atoms with Gasteiger partial charge in [-0.25, -0.2) is 0 Å². The summed E-state index contributed by atoms with van der Waals surface area (Å²) in [4.78, 5) is 10.3. The van der Waals surface area contributed by atoms with E-state index in [-0.39, 0.29) is 5.69 Å². The molecule has 0 fully saturated rings. The Morgan fingerprint density at radius 3 is 2.53 bits per heavy atom. The predicted molar refractivity (Wildman–Crippen MR) is 66.1 cm³/mol. The predicted octanol–water partition coefficient (Wildman–Crippen LogP) is 2.07. The first-order chi connectivity index (χ1) is 7.90. The van der Waals surface area contributed by atoms with Crippen LogP contribution in [0.25, 0.3) is 0 Å². The fourth-order valence-electron chi connectivity index (χ4n) is 1.45. The first-order valence-corrected chi connectivity index (χ1v) is 5.57. The topological polar surface area (TPSA) is 52.4 Å². The molecule has 17 heavy (non-hydrogen) atoms. The number of rotatable bonds is 6. The average molecular weight is 239 g/mol. The highest BCUT2D eigenvalue weighted by molar-refractivity contribution is 5.45. The molecule has 0 unspecified atom stereocenters. The zero-order chi connectivity index (χ0) is 12.9. The molecular weight excluding hydrogens is 220 g/mol. The SMILES string of the molecule is C[N+](C)(C)CCCOc1ccccc1[N+](=O)[O-]. The summed E-state index contributed by atoms with van der Waals surface area (Å²) in [6.07, 6.45) is 0.871. The first-order valence-electron chi connectivity index (χ1n) is 5.57. The fraction of sp³-hybridized carbons (Fsp3) is 0.500. The molecule has 94 valence electrons. The molecule has 0 saturated carbocycles. The molecule has 0 atom stereocenters. The normalized spacial score (nSPS) is 11.2. The molecule has 0 aliphatic rings. The van der Waals surface area contributed by atoms with Crippen LogP contribution in [-0.4, -0.2) is 43.7 Å². The third kappa shape index (κ3) is 4.82. The molecule has 0 aliphatic heterocycles. The number of nitro groups is 1. The highest BCUT2D eigenvalue weighted by Gasteiger charge is 2.13. The van der Waals surface area contributed by atoms with Crippen molar-refractivity contribution in [2.75, 3.05) is 34.3 Å². The summed E-state index contributed by atoms with van der Waals surface area (Å²) in [5.74, 6) is 0.346. The lowest BCUT2D eigenvalue weighted by Crippen LogP contribution is -2.35. The summed E-state index contributed by atoms with van der Waals surface area (Å²) >= 11 is 0. The van der Waals surface area contributed by atoms with Crippen molar-refractivity contribution in [3.05, 3.63) is 34.4 Å². The molecular formula is C12H19N2O3+.